The van der Waals surface area contributed by atoms with Gasteiger partial charge >= 0.3 is 0 Å². The Morgan fingerprint density at radius 2 is 2.08 bits per heavy atom. The van der Waals surface area contributed by atoms with E-state index in [4.69, 9.17) is 0 Å². The zero-order valence-electron chi connectivity index (χ0n) is 14.4. The van der Waals surface area contributed by atoms with E-state index in [2.05, 4.69) is 10.2 Å². The number of benzene rings is 2. The van der Waals surface area contributed by atoms with Gasteiger partial charge in [0.1, 0.15) is 5.82 Å². The molecule has 2 aromatic carbocycles. The van der Waals surface area contributed by atoms with E-state index in [9.17, 15) is 9.18 Å². The van der Waals surface area contributed by atoms with Gasteiger partial charge in [-0.15, -0.1) is 11.8 Å². The quantitative estimate of drug-likeness (QED) is 0.820. The predicted molar refractivity (Wildman–Crippen MR) is 102 cm³/mol. The number of halogens is 1. The van der Waals surface area contributed by atoms with Crippen LogP contribution in [0, 0.1) is 12.7 Å². The first-order chi connectivity index (χ1) is 12.1. The number of nitrogens with zero attached hydrogens (tertiary/aromatic N) is 1. The van der Waals surface area contributed by atoms with Crippen molar-refractivity contribution in [3.63, 3.8) is 0 Å². The second kappa shape index (κ2) is 8.39. The molecule has 5 heteroatoms. The van der Waals surface area contributed by atoms with E-state index in [1.54, 1.807) is 17.8 Å². The van der Waals surface area contributed by atoms with Crippen LogP contribution in [0.1, 0.15) is 18.4 Å². The fraction of sp³-hybridized carbons (Fsp3) is 0.350. The number of hydrogen-bond donors (Lipinski definition) is 1. The van der Waals surface area contributed by atoms with E-state index >= 15 is 0 Å². The van der Waals surface area contributed by atoms with E-state index in [1.165, 1.54) is 6.07 Å². The number of rotatable bonds is 5. The van der Waals surface area contributed by atoms with Gasteiger partial charge in [0.05, 0.1) is 5.75 Å². The van der Waals surface area contributed by atoms with Crippen molar-refractivity contribution >= 4 is 23.4 Å². The fourth-order valence-electron chi connectivity index (χ4n) is 3.22. The lowest BCUT2D eigenvalue weighted by molar-refractivity contribution is -0.119. The Morgan fingerprint density at radius 1 is 1.28 bits per heavy atom. The molecule has 1 atom stereocenters. The number of thioether (sulfide) groups is 1. The Morgan fingerprint density at radius 3 is 2.84 bits per heavy atom. The predicted octanol–water partition coefficient (Wildman–Crippen LogP) is 4.01. The molecule has 1 saturated heterocycles. The summed E-state index contributed by atoms with van der Waals surface area (Å²) >= 11 is 1.55. The van der Waals surface area contributed by atoms with Gasteiger partial charge in [0.25, 0.3) is 0 Å². The fourth-order valence-corrected chi connectivity index (χ4v) is 3.95. The van der Waals surface area contributed by atoms with Crippen molar-refractivity contribution in [2.24, 2.45) is 0 Å². The van der Waals surface area contributed by atoms with Gasteiger partial charge in [-0.2, -0.15) is 0 Å². The van der Waals surface area contributed by atoms with Gasteiger partial charge in [0.2, 0.25) is 5.91 Å². The van der Waals surface area contributed by atoms with Crippen LogP contribution in [0.25, 0.3) is 0 Å². The zero-order chi connectivity index (χ0) is 17.6. The average Bonchev–Trinajstić information content (AvgIpc) is 2.61. The minimum Gasteiger partial charge on any atom is -0.369 e. The van der Waals surface area contributed by atoms with Crippen molar-refractivity contribution in [3.05, 3.63) is 59.9 Å². The van der Waals surface area contributed by atoms with Crippen molar-refractivity contribution in [3.8, 4) is 0 Å². The molecular formula is C20H23FN2OS. The summed E-state index contributed by atoms with van der Waals surface area (Å²) in [7, 11) is 0. The van der Waals surface area contributed by atoms with Crippen molar-refractivity contribution in [2.75, 3.05) is 23.7 Å². The number of carbonyl (C=O) groups is 1. The monoisotopic (exact) mass is 358 g/mol. The van der Waals surface area contributed by atoms with Crippen molar-refractivity contribution < 1.29 is 9.18 Å². The summed E-state index contributed by atoms with van der Waals surface area (Å²) in [4.78, 5) is 15.6. The molecule has 0 bridgehead atoms. The maximum Gasteiger partial charge on any atom is 0.230 e. The molecule has 1 aliphatic rings. The summed E-state index contributed by atoms with van der Waals surface area (Å²) in [6.07, 6.45) is 2.01. The molecule has 1 N–H and O–H groups in total. The lowest BCUT2D eigenvalue weighted by Gasteiger charge is -2.35. The normalized spacial score (nSPS) is 17.4. The largest absolute Gasteiger partial charge is 0.369 e. The van der Waals surface area contributed by atoms with Crippen LogP contribution in [0.5, 0.6) is 0 Å². The highest BCUT2D eigenvalue weighted by Crippen LogP contribution is 2.24. The molecule has 0 spiro atoms. The summed E-state index contributed by atoms with van der Waals surface area (Å²) < 4.78 is 13.3. The van der Waals surface area contributed by atoms with E-state index in [1.807, 2.05) is 43.3 Å². The first-order valence-corrected chi connectivity index (χ1v) is 9.59. The number of carbonyl (C=O) groups excluding carboxylic acids is 1. The van der Waals surface area contributed by atoms with Gasteiger partial charge in [0.15, 0.2) is 0 Å². The topological polar surface area (TPSA) is 32.3 Å². The number of nitrogens with one attached hydrogen (secondary N) is 1. The molecule has 1 fully saturated rings. The van der Waals surface area contributed by atoms with Crippen LogP contribution in [-0.2, 0) is 4.79 Å². The molecule has 1 unspecified atom stereocenters. The highest BCUT2D eigenvalue weighted by molar-refractivity contribution is 8.00. The Hall–Kier alpha value is -2.01. The molecule has 0 aliphatic carbocycles. The van der Waals surface area contributed by atoms with Crippen LogP contribution >= 0.6 is 11.8 Å². The van der Waals surface area contributed by atoms with Crippen molar-refractivity contribution in [1.82, 2.24) is 5.32 Å². The maximum absolute atomic E-state index is 13.3. The third kappa shape index (κ3) is 4.98. The van der Waals surface area contributed by atoms with Crippen LogP contribution in [0.3, 0.4) is 0 Å². The van der Waals surface area contributed by atoms with E-state index < -0.39 is 0 Å². The third-order valence-corrected chi connectivity index (χ3v) is 5.41. The minimum atomic E-state index is -0.207. The summed E-state index contributed by atoms with van der Waals surface area (Å²) in [6.45, 7) is 3.64. The number of hydrogen-bond acceptors (Lipinski definition) is 3. The molecule has 1 heterocycles. The van der Waals surface area contributed by atoms with E-state index in [-0.39, 0.29) is 17.8 Å². The van der Waals surface area contributed by atoms with Gasteiger partial charge in [-0.05, 0) is 55.7 Å². The average molecular weight is 358 g/mol. The van der Waals surface area contributed by atoms with Crippen LogP contribution in [0.2, 0.25) is 0 Å². The molecule has 1 amide bonds. The Kier molecular flexibility index (Phi) is 5.97. The lowest BCUT2D eigenvalue weighted by Crippen LogP contribution is -2.48. The molecule has 0 saturated carbocycles. The molecule has 3 rings (SSSR count). The van der Waals surface area contributed by atoms with Crippen LogP contribution in [0.15, 0.2) is 53.4 Å². The second-order valence-corrected chi connectivity index (χ2v) is 7.43. The number of anilines is 1. The smallest absolute Gasteiger partial charge is 0.230 e. The van der Waals surface area contributed by atoms with Crippen molar-refractivity contribution in [1.29, 1.82) is 0 Å². The lowest BCUT2D eigenvalue weighted by atomic mass is 10.0. The maximum atomic E-state index is 13.3. The molecule has 3 nitrogen and oxygen atoms in total. The minimum absolute atomic E-state index is 0.0662. The summed E-state index contributed by atoms with van der Waals surface area (Å²) in [5.74, 6) is 0.286. The molecule has 1 aliphatic heterocycles. The van der Waals surface area contributed by atoms with Gasteiger partial charge in [-0.3, -0.25) is 4.79 Å². The first kappa shape index (κ1) is 17.8. The standard InChI is InChI=1S/C20H23FN2OS/c1-15-12-16(21)9-10-19(15)23-11-5-6-17(13-23)22-20(24)14-25-18-7-3-2-4-8-18/h2-4,7-10,12,17H,5-6,11,13-14H2,1H3,(H,22,24). The van der Waals surface area contributed by atoms with E-state index in [0.29, 0.717) is 5.75 Å². The zero-order valence-corrected chi connectivity index (χ0v) is 15.2. The third-order valence-electron chi connectivity index (χ3n) is 4.40. The van der Waals surface area contributed by atoms with E-state index in [0.717, 1.165) is 42.1 Å². The highest BCUT2D eigenvalue weighted by atomic mass is 32.2. The Bertz CT molecular complexity index is 723. The number of piperidine rings is 1. The summed E-state index contributed by atoms with van der Waals surface area (Å²) in [5, 5.41) is 3.14. The molecular weight excluding hydrogens is 335 g/mol. The van der Waals surface area contributed by atoms with Gasteiger partial charge in [-0.25, -0.2) is 4.39 Å². The van der Waals surface area contributed by atoms with Gasteiger partial charge in [0, 0.05) is 29.7 Å². The molecule has 2 aromatic rings. The van der Waals surface area contributed by atoms with Gasteiger partial charge in [-0.1, -0.05) is 18.2 Å². The molecule has 132 valence electrons. The van der Waals surface area contributed by atoms with Gasteiger partial charge < -0.3 is 10.2 Å². The molecule has 0 aromatic heterocycles. The Labute approximate surface area is 152 Å². The van der Waals surface area contributed by atoms with Crippen molar-refractivity contribution in [2.45, 2.75) is 30.7 Å². The highest BCUT2D eigenvalue weighted by Gasteiger charge is 2.22. The van der Waals surface area contributed by atoms with Crippen LogP contribution in [0.4, 0.5) is 10.1 Å². The number of amides is 1. The number of aryl methyl sites for hydroxylation is 1. The van der Waals surface area contributed by atoms with Crippen LogP contribution < -0.4 is 10.2 Å². The second-order valence-electron chi connectivity index (χ2n) is 6.39. The summed E-state index contributed by atoms with van der Waals surface area (Å²) in [5.41, 5.74) is 1.99. The molecule has 25 heavy (non-hydrogen) atoms. The summed E-state index contributed by atoms with van der Waals surface area (Å²) in [6, 6.07) is 15.0. The first-order valence-electron chi connectivity index (χ1n) is 8.60. The van der Waals surface area contributed by atoms with Crippen LogP contribution in [-0.4, -0.2) is 30.8 Å². The SMILES string of the molecule is Cc1cc(F)ccc1N1CCCC(NC(=O)CSc2ccccc2)C1. The Balaban J connectivity index is 1.53. The molecule has 0 radical (unpaired) electrons.